The van der Waals surface area contributed by atoms with Crippen molar-refractivity contribution in [2.24, 2.45) is 16.6 Å². The predicted molar refractivity (Wildman–Crippen MR) is 207 cm³/mol. The van der Waals surface area contributed by atoms with Gasteiger partial charge in [-0.25, -0.2) is 0 Å². The SMILES string of the molecule is CC(c1ccccc1)C(C)(C)C(=O)O[C@H]1C[C@@H](OC(=O)C(C)(C)Cc2ccccc2)[C@](CCc2c[nH]c3ccccc23)(OCCCCCN)O[C@@H]1CO. The summed E-state index contributed by atoms with van der Waals surface area (Å²) in [5.41, 5.74) is 8.09. The topological polar surface area (TPSA) is 133 Å². The minimum Gasteiger partial charge on any atom is -0.459 e. The van der Waals surface area contributed by atoms with Gasteiger partial charge in [-0.2, -0.15) is 0 Å². The Morgan fingerprint density at radius 2 is 1.60 bits per heavy atom. The van der Waals surface area contributed by atoms with Crippen molar-refractivity contribution >= 4 is 22.8 Å². The Balaban J connectivity index is 1.47. The van der Waals surface area contributed by atoms with E-state index in [1.165, 1.54) is 0 Å². The van der Waals surface area contributed by atoms with Gasteiger partial charge in [0.1, 0.15) is 12.2 Å². The van der Waals surface area contributed by atoms with Gasteiger partial charge in [-0.1, -0.05) is 85.8 Å². The van der Waals surface area contributed by atoms with Crippen molar-refractivity contribution in [3.63, 3.8) is 0 Å². The Labute approximate surface area is 314 Å². The van der Waals surface area contributed by atoms with E-state index in [1.54, 1.807) is 0 Å². The predicted octanol–water partition coefficient (Wildman–Crippen LogP) is 7.65. The molecule has 1 aliphatic heterocycles. The number of nitrogens with two attached hydrogens (primary N) is 1. The van der Waals surface area contributed by atoms with E-state index in [-0.39, 0.29) is 12.3 Å². The molecule has 4 aromatic rings. The lowest BCUT2D eigenvalue weighted by molar-refractivity contribution is -0.347. The van der Waals surface area contributed by atoms with Crippen LogP contribution in [0.3, 0.4) is 0 Å². The van der Waals surface area contributed by atoms with Crippen molar-refractivity contribution in [1.29, 1.82) is 0 Å². The molecule has 286 valence electrons. The van der Waals surface area contributed by atoms with Gasteiger partial charge in [-0.05, 0) is 95.0 Å². The molecule has 1 unspecified atom stereocenters. The highest BCUT2D eigenvalue weighted by molar-refractivity contribution is 5.83. The second-order valence-corrected chi connectivity index (χ2v) is 15.7. The highest BCUT2D eigenvalue weighted by atomic mass is 16.7. The fourth-order valence-corrected chi connectivity index (χ4v) is 7.19. The van der Waals surface area contributed by atoms with Crippen molar-refractivity contribution in [3.8, 4) is 0 Å². The van der Waals surface area contributed by atoms with Gasteiger partial charge in [0.05, 0.1) is 24.0 Å². The van der Waals surface area contributed by atoms with Crippen LogP contribution in [0, 0.1) is 10.8 Å². The van der Waals surface area contributed by atoms with Crippen LogP contribution in [0.2, 0.25) is 0 Å². The summed E-state index contributed by atoms with van der Waals surface area (Å²) < 4.78 is 26.3. The number of aromatic amines is 1. The lowest BCUT2D eigenvalue weighted by atomic mass is 9.76. The molecule has 1 saturated heterocycles. The zero-order valence-corrected chi connectivity index (χ0v) is 32.0. The molecule has 1 fully saturated rings. The van der Waals surface area contributed by atoms with Crippen LogP contribution in [0.5, 0.6) is 0 Å². The molecule has 0 aliphatic carbocycles. The zero-order valence-electron chi connectivity index (χ0n) is 32.0. The molecule has 1 aromatic heterocycles. The van der Waals surface area contributed by atoms with E-state index in [4.69, 9.17) is 24.7 Å². The van der Waals surface area contributed by atoms with Gasteiger partial charge in [0.15, 0.2) is 6.10 Å². The van der Waals surface area contributed by atoms with Crippen LogP contribution in [0.25, 0.3) is 10.9 Å². The molecule has 3 aromatic carbocycles. The van der Waals surface area contributed by atoms with E-state index >= 15 is 0 Å². The molecule has 2 heterocycles. The first-order valence-electron chi connectivity index (χ1n) is 19.1. The van der Waals surface area contributed by atoms with Gasteiger partial charge in [-0.15, -0.1) is 0 Å². The largest absolute Gasteiger partial charge is 0.459 e. The monoisotopic (exact) mass is 726 g/mol. The van der Waals surface area contributed by atoms with Gasteiger partial charge in [-0.3, -0.25) is 9.59 Å². The van der Waals surface area contributed by atoms with Crippen LogP contribution in [-0.2, 0) is 41.4 Å². The normalized spacial score (nSPS) is 21.3. The van der Waals surface area contributed by atoms with Crippen LogP contribution in [0.1, 0.15) is 89.3 Å². The Morgan fingerprint density at radius 1 is 0.925 bits per heavy atom. The quantitative estimate of drug-likeness (QED) is 0.0704. The molecule has 1 aliphatic rings. The molecule has 5 rings (SSSR count). The first kappa shape index (κ1) is 40.2. The van der Waals surface area contributed by atoms with E-state index < -0.39 is 53.5 Å². The number of esters is 2. The number of aliphatic hydroxyl groups excluding tert-OH is 1. The maximum absolute atomic E-state index is 14.2. The summed E-state index contributed by atoms with van der Waals surface area (Å²) in [5, 5.41) is 11.9. The van der Waals surface area contributed by atoms with Crippen LogP contribution in [-0.4, -0.2) is 65.9 Å². The zero-order chi connectivity index (χ0) is 38.1. The average molecular weight is 727 g/mol. The number of aryl methyl sites for hydroxylation is 1. The second-order valence-electron chi connectivity index (χ2n) is 15.7. The van der Waals surface area contributed by atoms with Crippen molar-refractivity contribution in [2.75, 3.05) is 19.8 Å². The third kappa shape index (κ3) is 9.75. The molecular formula is C44H58N2O7. The number of hydrogen-bond donors (Lipinski definition) is 3. The highest BCUT2D eigenvalue weighted by Crippen LogP contribution is 2.42. The van der Waals surface area contributed by atoms with Gasteiger partial charge < -0.3 is 34.8 Å². The summed E-state index contributed by atoms with van der Waals surface area (Å²) in [6.07, 6.45) is 3.10. The minimum absolute atomic E-state index is 0.0939. The van der Waals surface area contributed by atoms with Gasteiger partial charge in [0, 0.05) is 29.9 Å². The number of ether oxygens (including phenoxy) is 4. The third-order valence-electron chi connectivity index (χ3n) is 11.0. The van der Waals surface area contributed by atoms with Gasteiger partial charge >= 0.3 is 11.9 Å². The third-order valence-corrected chi connectivity index (χ3v) is 11.0. The molecular weight excluding hydrogens is 668 g/mol. The molecule has 9 nitrogen and oxygen atoms in total. The molecule has 5 atom stereocenters. The number of nitrogens with one attached hydrogen (secondary N) is 1. The van der Waals surface area contributed by atoms with E-state index in [0.717, 1.165) is 46.9 Å². The summed E-state index contributed by atoms with van der Waals surface area (Å²) >= 11 is 0. The Hall–Kier alpha value is -4.02. The summed E-state index contributed by atoms with van der Waals surface area (Å²) in [4.78, 5) is 31.6. The molecule has 9 heteroatoms. The molecule has 0 saturated carbocycles. The summed E-state index contributed by atoms with van der Waals surface area (Å²) in [6, 6.07) is 27.8. The van der Waals surface area contributed by atoms with Crippen molar-refractivity contribution in [3.05, 3.63) is 108 Å². The lowest BCUT2D eigenvalue weighted by Crippen LogP contribution is -2.62. The van der Waals surface area contributed by atoms with E-state index in [2.05, 4.69) is 11.1 Å². The van der Waals surface area contributed by atoms with Crippen LogP contribution in [0.15, 0.2) is 91.1 Å². The van der Waals surface area contributed by atoms with Crippen LogP contribution in [0.4, 0.5) is 0 Å². The number of fused-ring (bicyclic) bond motifs is 1. The number of para-hydroxylation sites is 1. The summed E-state index contributed by atoms with van der Waals surface area (Å²) in [6.45, 7) is 9.97. The lowest BCUT2D eigenvalue weighted by Gasteiger charge is -2.49. The fraction of sp³-hybridized carbons (Fsp3) is 0.500. The molecule has 0 spiro atoms. The molecule has 0 bridgehead atoms. The second kappa shape index (κ2) is 17.9. The summed E-state index contributed by atoms with van der Waals surface area (Å²) in [5.74, 6) is -2.43. The number of H-pyrrole nitrogens is 1. The maximum Gasteiger partial charge on any atom is 0.312 e. The number of carbonyl (C=O) groups excluding carboxylic acids is 2. The van der Waals surface area contributed by atoms with Crippen molar-refractivity contribution in [2.45, 2.75) is 110 Å². The molecule has 53 heavy (non-hydrogen) atoms. The first-order valence-corrected chi connectivity index (χ1v) is 19.1. The maximum atomic E-state index is 14.2. The van der Waals surface area contributed by atoms with Gasteiger partial charge in [0.25, 0.3) is 0 Å². The standard InChI is InChI=1S/C44H58N2O7/c1-31(33-19-11-7-12-20-33)43(4,5)41(49)51-37-27-39(52-40(48)42(2,3)28-32-17-9-6-10-18-32)44(53-38(37)30-47,50-26-16-8-15-25-45)24-23-34-29-46-36-22-14-13-21-35(34)36/h6-7,9-14,17-22,29,31,37-39,46-47H,8,15-16,23-28,30,45H2,1-5H3/t31?,37-,38+,39+,44+/m0/s1. The number of aromatic nitrogens is 1. The smallest absolute Gasteiger partial charge is 0.312 e. The first-order chi connectivity index (χ1) is 25.4. The van der Waals surface area contributed by atoms with Crippen molar-refractivity contribution < 1.29 is 33.6 Å². The molecule has 0 amide bonds. The van der Waals surface area contributed by atoms with Crippen LogP contribution >= 0.6 is 0 Å². The summed E-state index contributed by atoms with van der Waals surface area (Å²) in [7, 11) is 0. The highest BCUT2D eigenvalue weighted by Gasteiger charge is 2.54. The Kier molecular flexibility index (Phi) is 13.5. The average Bonchev–Trinajstić information content (AvgIpc) is 3.58. The van der Waals surface area contributed by atoms with Gasteiger partial charge in [0.2, 0.25) is 5.79 Å². The van der Waals surface area contributed by atoms with E-state index in [9.17, 15) is 14.7 Å². The molecule has 0 radical (unpaired) electrons. The number of aliphatic hydroxyl groups is 1. The van der Waals surface area contributed by atoms with E-state index in [1.807, 2.05) is 120 Å². The Bertz CT molecular complexity index is 1760. The Morgan fingerprint density at radius 3 is 2.30 bits per heavy atom. The fourth-order valence-electron chi connectivity index (χ4n) is 7.19. The number of rotatable bonds is 18. The molecule has 4 N–H and O–H groups in total. The number of benzene rings is 3. The van der Waals surface area contributed by atoms with Crippen molar-refractivity contribution in [1.82, 2.24) is 4.98 Å². The van der Waals surface area contributed by atoms with E-state index in [0.29, 0.717) is 32.4 Å². The number of hydrogen-bond acceptors (Lipinski definition) is 8. The van der Waals surface area contributed by atoms with Crippen LogP contribution < -0.4 is 5.73 Å². The minimum atomic E-state index is -1.43. The number of carbonyl (C=O) groups is 2. The number of unbranched alkanes of at least 4 members (excludes halogenated alkanes) is 2.